The second-order valence-corrected chi connectivity index (χ2v) is 5.78. The van der Waals surface area contributed by atoms with E-state index in [4.69, 9.17) is 24.7 Å². The molecule has 2 heterocycles. The summed E-state index contributed by atoms with van der Waals surface area (Å²) >= 11 is 0. The fourth-order valence-corrected chi connectivity index (χ4v) is 2.35. The van der Waals surface area contributed by atoms with Crippen molar-refractivity contribution in [2.45, 2.75) is 63.7 Å². The van der Waals surface area contributed by atoms with Gasteiger partial charge < -0.3 is 29.8 Å². The highest BCUT2D eigenvalue weighted by atomic mass is 16.8. The summed E-state index contributed by atoms with van der Waals surface area (Å²) in [6.45, 7) is 7.04. The first-order valence-corrected chi connectivity index (χ1v) is 6.26. The van der Waals surface area contributed by atoms with E-state index in [0.717, 1.165) is 0 Å². The molecule has 0 aliphatic carbocycles. The number of carbonyl (C=O) groups is 1. The Morgan fingerprint density at radius 2 is 1.84 bits per heavy atom. The molecular formula is C12H21NO6. The van der Waals surface area contributed by atoms with Crippen LogP contribution in [0.4, 0.5) is 0 Å². The first-order chi connectivity index (χ1) is 8.61. The van der Waals surface area contributed by atoms with Gasteiger partial charge in [0.1, 0.15) is 18.3 Å². The van der Waals surface area contributed by atoms with E-state index in [9.17, 15) is 9.90 Å². The van der Waals surface area contributed by atoms with Crippen LogP contribution >= 0.6 is 0 Å². The average molecular weight is 275 g/mol. The maximum Gasteiger partial charge on any atom is 0.249 e. The van der Waals surface area contributed by atoms with E-state index in [1.807, 2.05) is 0 Å². The molecule has 2 rings (SSSR count). The minimum atomic E-state index is -1.05. The molecule has 0 aromatic carbocycles. The van der Waals surface area contributed by atoms with E-state index < -0.39 is 41.9 Å². The Hall–Kier alpha value is -0.730. The average Bonchev–Trinajstić information content (AvgIpc) is 2.77. The van der Waals surface area contributed by atoms with Gasteiger partial charge in [-0.25, -0.2) is 0 Å². The standard InChI is InChI=1S/C12H21NO6/c1-11(2)16-5-6(17-11)7(14)8-9(10(13)15)19-12(3,4)18-8/h6-9,14H,5H2,1-4H3,(H2,13,15)/t6-,7-,8+,9+/m1/s1. The topological polar surface area (TPSA) is 100 Å². The highest BCUT2D eigenvalue weighted by molar-refractivity contribution is 5.80. The molecule has 19 heavy (non-hydrogen) atoms. The van der Waals surface area contributed by atoms with Crippen LogP contribution in [0.2, 0.25) is 0 Å². The van der Waals surface area contributed by atoms with Crippen LogP contribution in [0.3, 0.4) is 0 Å². The van der Waals surface area contributed by atoms with Gasteiger partial charge in [-0.15, -0.1) is 0 Å². The van der Waals surface area contributed by atoms with E-state index in [0.29, 0.717) is 0 Å². The van der Waals surface area contributed by atoms with Crippen LogP contribution in [0.1, 0.15) is 27.7 Å². The summed E-state index contributed by atoms with van der Waals surface area (Å²) in [5, 5.41) is 10.3. The Labute approximate surface area is 111 Å². The van der Waals surface area contributed by atoms with E-state index in [1.165, 1.54) is 0 Å². The van der Waals surface area contributed by atoms with Crippen molar-refractivity contribution in [2.24, 2.45) is 5.73 Å². The molecule has 7 nitrogen and oxygen atoms in total. The third-order valence-electron chi connectivity index (χ3n) is 3.16. The molecule has 0 spiro atoms. The Morgan fingerprint density at radius 1 is 1.21 bits per heavy atom. The molecule has 0 unspecified atom stereocenters. The maximum atomic E-state index is 11.4. The monoisotopic (exact) mass is 275 g/mol. The van der Waals surface area contributed by atoms with E-state index in [1.54, 1.807) is 27.7 Å². The summed E-state index contributed by atoms with van der Waals surface area (Å²) in [6.07, 6.45) is -3.51. The molecule has 110 valence electrons. The lowest BCUT2D eigenvalue weighted by Crippen LogP contribution is -2.49. The largest absolute Gasteiger partial charge is 0.387 e. The number of ether oxygens (including phenoxy) is 4. The molecular weight excluding hydrogens is 254 g/mol. The van der Waals surface area contributed by atoms with Gasteiger partial charge in [0.15, 0.2) is 17.7 Å². The zero-order chi connectivity index (χ0) is 14.4. The predicted molar refractivity (Wildman–Crippen MR) is 63.9 cm³/mol. The molecule has 0 aromatic heterocycles. The number of aliphatic hydroxyl groups is 1. The van der Waals surface area contributed by atoms with Crippen molar-refractivity contribution in [3.05, 3.63) is 0 Å². The molecule has 4 atom stereocenters. The second kappa shape index (κ2) is 4.68. The third kappa shape index (κ3) is 3.06. The fourth-order valence-electron chi connectivity index (χ4n) is 2.35. The summed E-state index contributed by atoms with van der Waals surface area (Å²) in [6, 6.07) is 0. The molecule has 7 heteroatoms. The Balaban J connectivity index is 2.09. The van der Waals surface area contributed by atoms with Crippen molar-refractivity contribution in [3.63, 3.8) is 0 Å². The summed E-state index contributed by atoms with van der Waals surface area (Å²) in [7, 11) is 0. The number of aliphatic hydroxyl groups excluding tert-OH is 1. The van der Waals surface area contributed by atoms with Crippen molar-refractivity contribution in [2.75, 3.05) is 6.61 Å². The van der Waals surface area contributed by atoms with Gasteiger partial charge in [-0.3, -0.25) is 4.79 Å². The Morgan fingerprint density at radius 3 is 2.32 bits per heavy atom. The Bertz CT molecular complexity index is 369. The van der Waals surface area contributed by atoms with Gasteiger partial charge in [-0.05, 0) is 27.7 Å². The molecule has 3 N–H and O–H groups in total. The van der Waals surface area contributed by atoms with Crippen molar-refractivity contribution < 1.29 is 28.8 Å². The van der Waals surface area contributed by atoms with Gasteiger partial charge in [0.25, 0.3) is 0 Å². The maximum absolute atomic E-state index is 11.4. The minimum Gasteiger partial charge on any atom is -0.387 e. The number of nitrogens with two attached hydrogens (primary N) is 1. The van der Waals surface area contributed by atoms with Gasteiger partial charge in [0.2, 0.25) is 5.91 Å². The van der Waals surface area contributed by atoms with Crippen LogP contribution in [0.25, 0.3) is 0 Å². The van der Waals surface area contributed by atoms with Crippen LogP contribution in [-0.4, -0.2) is 53.6 Å². The van der Waals surface area contributed by atoms with Gasteiger partial charge in [-0.1, -0.05) is 0 Å². The lowest BCUT2D eigenvalue weighted by molar-refractivity contribution is -0.179. The number of hydrogen-bond acceptors (Lipinski definition) is 6. The fraction of sp³-hybridized carbons (Fsp3) is 0.917. The van der Waals surface area contributed by atoms with Crippen LogP contribution in [0.5, 0.6) is 0 Å². The van der Waals surface area contributed by atoms with Crippen LogP contribution in [-0.2, 0) is 23.7 Å². The van der Waals surface area contributed by atoms with E-state index in [2.05, 4.69) is 0 Å². The Kier molecular flexibility index (Phi) is 3.61. The number of primary amides is 1. The molecule has 0 bridgehead atoms. The molecule has 2 saturated heterocycles. The molecule has 2 aliphatic heterocycles. The highest BCUT2D eigenvalue weighted by Gasteiger charge is 2.51. The first-order valence-electron chi connectivity index (χ1n) is 6.26. The summed E-state index contributed by atoms with van der Waals surface area (Å²) < 4.78 is 21.9. The number of rotatable bonds is 3. The van der Waals surface area contributed by atoms with Crippen molar-refractivity contribution >= 4 is 5.91 Å². The SMILES string of the molecule is CC1(C)O[C@@H]([C@H](O)[C@H]2COC(C)(C)O2)[C@@H](C(N)=O)O1. The van der Waals surface area contributed by atoms with Gasteiger partial charge in [-0.2, -0.15) is 0 Å². The number of hydrogen-bond donors (Lipinski definition) is 2. The highest BCUT2D eigenvalue weighted by Crippen LogP contribution is 2.34. The molecule has 0 radical (unpaired) electrons. The van der Waals surface area contributed by atoms with Crippen LogP contribution in [0.15, 0.2) is 0 Å². The lowest BCUT2D eigenvalue weighted by atomic mass is 10.0. The zero-order valence-corrected chi connectivity index (χ0v) is 11.6. The molecule has 2 fully saturated rings. The summed E-state index contributed by atoms with van der Waals surface area (Å²) in [5.74, 6) is -2.41. The zero-order valence-electron chi connectivity index (χ0n) is 11.6. The minimum absolute atomic E-state index is 0.222. The molecule has 2 aliphatic rings. The third-order valence-corrected chi connectivity index (χ3v) is 3.16. The van der Waals surface area contributed by atoms with Gasteiger partial charge in [0.05, 0.1) is 6.61 Å². The van der Waals surface area contributed by atoms with Crippen molar-refractivity contribution in [1.29, 1.82) is 0 Å². The second-order valence-electron chi connectivity index (χ2n) is 5.78. The first kappa shape index (κ1) is 14.7. The molecule has 0 aromatic rings. The number of amides is 1. The van der Waals surface area contributed by atoms with E-state index in [-0.39, 0.29) is 6.61 Å². The molecule has 1 amide bonds. The van der Waals surface area contributed by atoms with Crippen LogP contribution < -0.4 is 5.73 Å². The normalized spacial score (nSPS) is 38.3. The smallest absolute Gasteiger partial charge is 0.249 e. The van der Waals surface area contributed by atoms with Crippen molar-refractivity contribution in [3.8, 4) is 0 Å². The predicted octanol–water partition coefficient (Wildman–Crippen LogP) is -0.496. The van der Waals surface area contributed by atoms with Crippen molar-refractivity contribution in [1.82, 2.24) is 0 Å². The number of carbonyl (C=O) groups excluding carboxylic acids is 1. The summed E-state index contributed by atoms with van der Waals surface area (Å²) in [4.78, 5) is 11.4. The van der Waals surface area contributed by atoms with E-state index >= 15 is 0 Å². The van der Waals surface area contributed by atoms with Gasteiger partial charge in [0, 0.05) is 0 Å². The molecule has 0 saturated carbocycles. The van der Waals surface area contributed by atoms with Gasteiger partial charge >= 0.3 is 0 Å². The van der Waals surface area contributed by atoms with Crippen LogP contribution in [0, 0.1) is 0 Å². The lowest BCUT2D eigenvalue weighted by Gasteiger charge is -2.26. The quantitative estimate of drug-likeness (QED) is 0.720. The summed E-state index contributed by atoms with van der Waals surface area (Å²) in [5.41, 5.74) is 5.27.